The topological polar surface area (TPSA) is 70.8 Å². The van der Waals surface area contributed by atoms with E-state index in [2.05, 4.69) is 6.92 Å². The molecule has 1 heterocycles. The van der Waals surface area contributed by atoms with E-state index >= 15 is 0 Å². The quantitative estimate of drug-likeness (QED) is 0.821. The van der Waals surface area contributed by atoms with E-state index in [4.69, 9.17) is 9.52 Å². The van der Waals surface area contributed by atoms with Crippen LogP contribution >= 0.6 is 0 Å². The zero-order valence-electron chi connectivity index (χ0n) is 14.9. The van der Waals surface area contributed by atoms with E-state index in [1.54, 1.807) is 24.3 Å². The molecule has 1 aromatic carbocycles. The smallest absolute Gasteiger partial charge is 0.335 e. The summed E-state index contributed by atoms with van der Waals surface area (Å²) in [5, 5.41) is 8.97. The molecule has 4 rings (SSSR count). The average Bonchev–Trinajstić information content (AvgIpc) is 3.53. The standard InChI is InChI=1S/C21H23NO4/c1-13-10-18(13)19-9-8-17(26-19)12-22(16-6-7-16)20(23)11-14-2-4-15(5-3-14)21(24)25/h2-5,8-9,13,16,18H,6-7,10-12H2,1H3,(H,24,25). The first-order valence-electron chi connectivity index (χ1n) is 9.21. The van der Waals surface area contributed by atoms with Crippen LogP contribution in [-0.2, 0) is 17.8 Å². The minimum absolute atomic E-state index is 0.0633. The minimum atomic E-state index is -0.957. The van der Waals surface area contributed by atoms with E-state index in [-0.39, 0.29) is 17.9 Å². The van der Waals surface area contributed by atoms with Crippen molar-refractivity contribution in [2.24, 2.45) is 5.92 Å². The summed E-state index contributed by atoms with van der Waals surface area (Å²) in [4.78, 5) is 25.6. The third kappa shape index (κ3) is 3.66. The van der Waals surface area contributed by atoms with Crippen LogP contribution in [-0.4, -0.2) is 27.9 Å². The van der Waals surface area contributed by atoms with Gasteiger partial charge in [-0.05, 0) is 55.0 Å². The van der Waals surface area contributed by atoms with Crippen LogP contribution in [0.3, 0.4) is 0 Å². The predicted octanol–water partition coefficient (Wildman–Crippen LogP) is 3.83. The molecular formula is C21H23NO4. The van der Waals surface area contributed by atoms with E-state index in [1.807, 2.05) is 17.0 Å². The molecule has 1 N–H and O–H groups in total. The Morgan fingerprint density at radius 2 is 1.85 bits per heavy atom. The van der Waals surface area contributed by atoms with Crippen LogP contribution in [0.1, 0.15) is 59.5 Å². The lowest BCUT2D eigenvalue weighted by atomic mass is 10.1. The van der Waals surface area contributed by atoms with E-state index in [0.717, 1.165) is 29.9 Å². The van der Waals surface area contributed by atoms with Gasteiger partial charge in [0, 0.05) is 12.0 Å². The molecule has 0 saturated heterocycles. The molecule has 26 heavy (non-hydrogen) atoms. The molecule has 2 aliphatic carbocycles. The lowest BCUT2D eigenvalue weighted by molar-refractivity contribution is -0.131. The summed E-state index contributed by atoms with van der Waals surface area (Å²) in [5.41, 5.74) is 1.07. The Bertz CT molecular complexity index is 819. The van der Waals surface area contributed by atoms with Gasteiger partial charge in [-0.2, -0.15) is 0 Å². The van der Waals surface area contributed by atoms with Gasteiger partial charge in [0.2, 0.25) is 5.91 Å². The van der Waals surface area contributed by atoms with Crippen LogP contribution in [0.4, 0.5) is 0 Å². The van der Waals surface area contributed by atoms with Crippen molar-refractivity contribution in [1.29, 1.82) is 0 Å². The third-order valence-electron chi connectivity index (χ3n) is 5.35. The van der Waals surface area contributed by atoms with Gasteiger partial charge in [0.1, 0.15) is 11.5 Å². The Morgan fingerprint density at radius 3 is 2.42 bits per heavy atom. The van der Waals surface area contributed by atoms with Crippen molar-refractivity contribution in [3.8, 4) is 0 Å². The maximum atomic E-state index is 12.8. The molecule has 136 valence electrons. The zero-order chi connectivity index (χ0) is 18.3. The molecule has 2 unspecified atom stereocenters. The summed E-state index contributed by atoms with van der Waals surface area (Å²) in [5.74, 6) is 2.24. The number of carboxylic acid groups (broad SMARTS) is 1. The third-order valence-corrected chi connectivity index (χ3v) is 5.35. The summed E-state index contributed by atoms with van der Waals surface area (Å²) >= 11 is 0. The molecule has 0 radical (unpaired) electrons. The van der Waals surface area contributed by atoms with Crippen molar-refractivity contribution in [2.45, 2.75) is 51.1 Å². The highest BCUT2D eigenvalue weighted by Crippen LogP contribution is 2.47. The van der Waals surface area contributed by atoms with E-state index in [1.165, 1.54) is 6.42 Å². The first-order chi connectivity index (χ1) is 12.5. The van der Waals surface area contributed by atoms with Crippen LogP contribution < -0.4 is 0 Å². The summed E-state index contributed by atoms with van der Waals surface area (Å²) < 4.78 is 5.97. The molecular weight excluding hydrogens is 330 g/mol. The minimum Gasteiger partial charge on any atom is -0.478 e. The van der Waals surface area contributed by atoms with Crippen LogP contribution in [0.15, 0.2) is 40.8 Å². The number of hydrogen-bond donors (Lipinski definition) is 1. The molecule has 2 saturated carbocycles. The maximum Gasteiger partial charge on any atom is 0.335 e. The Hall–Kier alpha value is -2.56. The summed E-state index contributed by atoms with van der Waals surface area (Å²) in [7, 11) is 0. The number of carbonyl (C=O) groups excluding carboxylic acids is 1. The first kappa shape index (κ1) is 16.9. The van der Waals surface area contributed by atoms with Crippen molar-refractivity contribution in [2.75, 3.05) is 0 Å². The van der Waals surface area contributed by atoms with Gasteiger partial charge < -0.3 is 14.4 Å². The van der Waals surface area contributed by atoms with Gasteiger partial charge in [-0.1, -0.05) is 19.1 Å². The molecule has 5 heteroatoms. The van der Waals surface area contributed by atoms with E-state index in [9.17, 15) is 9.59 Å². The molecule has 2 aromatic rings. The second kappa shape index (κ2) is 6.63. The molecule has 1 amide bonds. The average molecular weight is 353 g/mol. The largest absolute Gasteiger partial charge is 0.478 e. The zero-order valence-corrected chi connectivity index (χ0v) is 14.9. The molecule has 5 nitrogen and oxygen atoms in total. The van der Waals surface area contributed by atoms with E-state index in [0.29, 0.717) is 24.4 Å². The Morgan fingerprint density at radius 1 is 1.15 bits per heavy atom. The van der Waals surface area contributed by atoms with Gasteiger partial charge in [-0.25, -0.2) is 4.79 Å². The van der Waals surface area contributed by atoms with Gasteiger partial charge in [0.05, 0.1) is 18.5 Å². The highest BCUT2D eigenvalue weighted by atomic mass is 16.4. The fourth-order valence-corrected chi connectivity index (χ4v) is 3.41. The SMILES string of the molecule is CC1CC1c1ccc(CN(C(=O)Cc2ccc(C(=O)O)cc2)C2CC2)o1. The number of amides is 1. The highest BCUT2D eigenvalue weighted by molar-refractivity contribution is 5.87. The molecule has 2 aliphatic rings. The lowest BCUT2D eigenvalue weighted by Gasteiger charge is -2.21. The molecule has 0 spiro atoms. The number of aromatic carboxylic acids is 1. The number of benzene rings is 1. The lowest BCUT2D eigenvalue weighted by Crippen LogP contribution is -2.33. The summed E-state index contributed by atoms with van der Waals surface area (Å²) in [6, 6.07) is 10.9. The van der Waals surface area contributed by atoms with Crippen molar-refractivity contribution in [1.82, 2.24) is 4.90 Å². The van der Waals surface area contributed by atoms with Gasteiger partial charge >= 0.3 is 5.97 Å². The second-order valence-electron chi connectivity index (χ2n) is 7.56. The Labute approximate surface area is 152 Å². The fourth-order valence-electron chi connectivity index (χ4n) is 3.41. The monoisotopic (exact) mass is 353 g/mol. The first-order valence-corrected chi connectivity index (χ1v) is 9.21. The van der Waals surface area contributed by atoms with Gasteiger partial charge in [-0.3, -0.25) is 4.79 Å². The van der Waals surface area contributed by atoms with Crippen molar-refractivity contribution >= 4 is 11.9 Å². The van der Waals surface area contributed by atoms with Gasteiger partial charge in [0.15, 0.2) is 0 Å². The normalized spacial score (nSPS) is 21.4. The van der Waals surface area contributed by atoms with E-state index < -0.39 is 5.97 Å². The fraction of sp³-hybridized carbons (Fsp3) is 0.429. The van der Waals surface area contributed by atoms with Crippen molar-refractivity contribution in [3.05, 3.63) is 59.0 Å². The summed E-state index contributed by atoms with van der Waals surface area (Å²) in [6.07, 6.45) is 3.54. The molecule has 0 aliphatic heterocycles. The summed E-state index contributed by atoms with van der Waals surface area (Å²) in [6.45, 7) is 2.74. The second-order valence-corrected chi connectivity index (χ2v) is 7.56. The number of carboxylic acids is 1. The predicted molar refractivity (Wildman–Crippen MR) is 95.9 cm³/mol. The van der Waals surface area contributed by atoms with Gasteiger partial charge in [-0.15, -0.1) is 0 Å². The Balaban J connectivity index is 1.41. The van der Waals surface area contributed by atoms with Crippen LogP contribution in [0.2, 0.25) is 0 Å². The van der Waals surface area contributed by atoms with Gasteiger partial charge in [0.25, 0.3) is 0 Å². The molecule has 2 fully saturated rings. The molecule has 2 atom stereocenters. The number of carbonyl (C=O) groups is 2. The van der Waals surface area contributed by atoms with Crippen LogP contribution in [0.25, 0.3) is 0 Å². The molecule has 0 bridgehead atoms. The Kier molecular flexibility index (Phi) is 4.31. The van der Waals surface area contributed by atoms with Crippen molar-refractivity contribution < 1.29 is 19.1 Å². The number of hydrogen-bond acceptors (Lipinski definition) is 3. The molecule has 1 aromatic heterocycles. The van der Waals surface area contributed by atoms with Crippen molar-refractivity contribution in [3.63, 3.8) is 0 Å². The maximum absolute atomic E-state index is 12.8. The highest BCUT2D eigenvalue weighted by Gasteiger charge is 2.37. The number of rotatable bonds is 7. The number of nitrogens with zero attached hydrogens (tertiary/aromatic N) is 1. The number of furan rings is 1. The van der Waals surface area contributed by atoms with Crippen LogP contribution in [0.5, 0.6) is 0 Å². The van der Waals surface area contributed by atoms with Crippen LogP contribution in [0, 0.1) is 5.92 Å².